The third-order valence-electron chi connectivity index (χ3n) is 2.82. The molecule has 1 aliphatic rings. The van der Waals surface area contributed by atoms with E-state index in [2.05, 4.69) is 35.3 Å². The number of ether oxygens (including phenoxy) is 1. The number of hydrogen-bond acceptors (Lipinski definition) is 2. The molecule has 94 valence electrons. The largest absolute Gasteiger partial charge is 0.461 e. The highest BCUT2D eigenvalue weighted by atomic mass is 16.5. The summed E-state index contributed by atoms with van der Waals surface area (Å²) in [6.07, 6.45) is 7.27. The molecule has 0 radical (unpaired) electrons. The fourth-order valence-corrected chi connectivity index (χ4v) is 1.87. The summed E-state index contributed by atoms with van der Waals surface area (Å²) in [6, 6.07) is 10.3. The van der Waals surface area contributed by atoms with Gasteiger partial charge in [-0.3, -0.25) is 0 Å². The van der Waals surface area contributed by atoms with Gasteiger partial charge in [-0.25, -0.2) is 0 Å². The lowest BCUT2D eigenvalue weighted by molar-refractivity contribution is 0.286. The Morgan fingerprint density at radius 1 is 1.17 bits per heavy atom. The molecule has 0 fully saturated rings. The van der Waals surface area contributed by atoms with Crippen molar-refractivity contribution in [2.24, 2.45) is 0 Å². The van der Waals surface area contributed by atoms with Crippen LogP contribution in [-0.4, -0.2) is 19.0 Å². The number of rotatable bonds is 3. The molecule has 0 aromatic heterocycles. The molecule has 0 spiro atoms. The van der Waals surface area contributed by atoms with Crippen LogP contribution in [0, 0.1) is 0 Å². The molecule has 2 rings (SSSR count). The maximum Gasteiger partial charge on any atom is 0.146 e. The monoisotopic (exact) mass is 241 g/mol. The van der Waals surface area contributed by atoms with Gasteiger partial charge in [-0.2, -0.15) is 0 Å². The van der Waals surface area contributed by atoms with E-state index in [1.807, 2.05) is 39.2 Å². The van der Waals surface area contributed by atoms with E-state index < -0.39 is 0 Å². The van der Waals surface area contributed by atoms with Crippen molar-refractivity contribution in [3.8, 4) is 0 Å². The van der Waals surface area contributed by atoms with Gasteiger partial charge in [-0.1, -0.05) is 30.3 Å². The minimum absolute atomic E-state index is 0.932. The third-order valence-corrected chi connectivity index (χ3v) is 2.82. The summed E-state index contributed by atoms with van der Waals surface area (Å²) in [7, 11) is 4.07. The molecule has 0 saturated carbocycles. The Kier molecular flexibility index (Phi) is 3.88. The molecule has 2 heteroatoms. The molecule has 1 aromatic carbocycles. The Balaban J connectivity index is 2.30. The standard InChI is InChI=1S/C16H19NO/c1-13-8-7-11-16(18-13)15(17(2)3)12-14-9-5-4-6-10-14/h4-6,8-12H,7H2,1-3H3. The number of allylic oxidation sites excluding steroid dienone is 3. The lowest BCUT2D eigenvalue weighted by Gasteiger charge is -2.22. The van der Waals surface area contributed by atoms with Crippen LogP contribution in [0.2, 0.25) is 0 Å². The van der Waals surface area contributed by atoms with Crippen LogP contribution in [0.25, 0.3) is 6.08 Å². The summed E-state index contributed by atoms with van der Waals surface area (Å²) in [4.78, 5) is 2.08. The second kappa shape index (κ2) is 5.58. The minimum atomic E-state index is 0.932. The van der Waals surface area contributed by atoms with Crippen LogP contribution in [-0.2, 0) is 4.74 Å². The molecule has 1 heterocycles. The number of likely N-dealkylation sites (N-methyl/N-ethyl adjacent to an activating group) is 1. The van der Waals surface area contributed by atoms with Gasteiger partial charge in [0.2, 0.25) is 0 Å². The molecule has 2 nitrogen and oxygen atoms in total. The van der Waals surface area contributed by atoms with Crippen molar-refractivity contribution >= 4 is 6.08 Å². The zero-order valence-electron chi connectivity index (χ0n) is 11.2. The highest BCUT2D eigenvalue weighted by Crippen LogP contribution is 2.24. The molecule has 0 atom stereocenters. The lowest BCUT2D eigenvalue weighted by atomic mass is 10.1. The summed E-state index contributed by atoms with van der Waals surface area (Å²) >= 11 is 0. The first kappa shape index (κ1) is 12.5. The topological polar surface area (TPSA) is 12.5 Å². The van der Waals surface area contributed by atoms with Gasteiger partial charge < -0.3 is 9.64 Å². The van der Waals surface area contributed by atoms with Crippen LogP contribution in [0.5, 0.6) is 0 Å². The second-order valence-electron chi connectivity index (χ2n) is 4.56. The van der Waals surface area contributed by atoms with E-state index in [4.69, 9.17) is 4.74 Å². The van der Waals surface area contributed by atoms with Gasteiger partial charge in [0.1, 0.15) is 5.76 Å². The van der Waals surface area contributed by atoms with Gasteiger partial charge >= 0.3 is 0 Å². The first-order chi connectivity index (χ1) is 8.66. The zero-order valence-corrected chi connectivity index (χ0v) is 11.2. The molecule has 0 bridgehead atoms. The summed E-state index contributed by atoms with van der Waals surface area (Å²) in [5.41, 5.74) is 2.27. The van der Waals surface area contributed by atoms with Crippen molar-refractivity contribution in [1.82, 2.24) is 4.90 Å². The van der Waals surface area contributed by atoms with E-state index in [0.717, 1.165) is 23.6 Å². The van der Waals surface area contributed by atoms with Crippen molar-refractivity contribution < 1.29 is 4.74 Å². The summed E-state index contributed by atoms with van der Waals surface area (Å²) in [6.45, 7) is 1.99. The summed E-state index contributed by atoms with van der Waals surface area (Å²) in [5.74, 6) is 1.90. The zero-order chi connectivity index (χ0) is 13.0. The number of benzene rings is 1. The first-order valence-corrected chi connectivity index (χ1v) is 6.16. The van der Waals surface area contributed by atoms with Gasteiger partial charge in [0.25, 0.3) is 0 Å². The van der Waals surface area contributed by atoms with Crippen molar-refractivity contribution in [2.75, 3.05) is 14.1 Å². The highest BCUT2D eigenvalue weighted by Gasteiger charge is 2.12. The van der Waals surface area contributed by atoms with Crippen molar-refractivity contribution in [2.45, 2.75) is 13.3 Å². The molecule has 0 saturated heterocycles. The highest BCUT2D eigenvalue weighted by molar-refractivity contribution is 5.57. The van der Waals surface area contributed by atoms with Crippen LogP contribution in [0.3, 0.4) is 0 Å². The Labute approximate surface area is 109 Å². The Morgan fingerprint density at radius 3 is 2.50 bits per heavy atom. The van der Waals surface area contributed by atoms with E-state index in [1.54, 1.807) is 0 Å². The maximum absolute atomic E-state index is 5.79. The number of hydrogen-bond donors (Lipinski definition) is 0. The molecule has 18 heavy (non-hydrogen) atoms. The molecule has 0 unspecified atom stereocenters. The van der Waals surface area contributed by atoms with Crippen molar-refractivity contribution in [3.05, 3.63) is 65.3 Å². The quantitative estimate of drug-likeness (QED) is 0.798. The van der Waals surface area contributed by atoms with E-state index in [9.17, 15) is 0 Å². The lowest BCUT2D eigenvalue weighted by Crippen LogP contribution is -2.15. The minimum Gasteiger partial charge on any atom is -0.461 e. The average Bonchev–Trinajstić information content (AvgIpc) is 2.37. The Bertz CT molecular complexity index is 495. The second-order valence-corrected chi connectivity index (χ2v) is 4.56. The fourth-order valence-electron chi connectivity index (χ4n) is 1.87. The average molecular weight is 241 g/mol. The third kappa shape index (κ3) is 3.04. The van der Waals surface area contributed by atoms with Crippen LogP contribution >= 0.6 is 0 Å². The Hall–Kier alpha value is -1.96. The van der Waals surface area contributed by atoms with Gasteiger partial charge in [-0.05, 0) is 37.1 Å². The van der Waals surface area contributed by atoms with Gasteiger partial charge in [0.05, 0.1) is 11.5 Å². The molecule has 0 amide bonds. The molecule has 1 aliphatic heterocycles. The van der Waals surface area contributed by atoms with Crippen LogP contribution in [0.1, 0.15) is 18.9 Å². The fraction of sp³-hybridized carbons (Fsp3) is 0.250. The van der Waals surface area contributed by atoms with E-state index in [-0.39, 0.29) is 0 Å². The Morgan fingerprint density at radius 2 is 1.89 bits per heavy atom. The predicted molar refractivity (Wildman–Crippen MR) is 75.6 cm³/mol. The van der Waals surface area contributed by atoms with Gasteiger partial charge in [0, 0.05) is 14.1 Å². The number of nitrogens with zero attached hydrogens (tertiary/aromatic N) is 1. The van der Waals surface area contributed by atoms with Crippen molar-refractivity contribution in [3.63, 3.8) is 0 Å². The van der Waals surface area contributed by atoms with E-state index >= 15 is 0 Å². The normalized spacial score (nSPS) is 15.6. The molecular formula is C16H19NO. The smallest absolute Gasteiger partial charge is 0.146 e. The molecule has 0 N–H and O–H groups in total. The van der Waals surface area contributed by atoms with Gasteiger partial charge in [0.15, 0.2) is 0 Å². The summed E-state index contributed by atoms with van der Waals surface area (Å²) in [5, 5.41) is 0. The molecule has 0 aliphatic carbocycles. The van der Waals surface area contributed by atoms with Gasteiger partial charge in [-0.15, -0.1) is 0 Å². The first-order valence-electron chi connectivity index (χ1n) is 6.16. The maximum atomic E-state index is 5.79. The van der Waals surface area contributed by atoms with Crippen LogP contribution in [0.4, 0.5) is 0 Å². The van der Waals surface area contributed by atoms with Crippen LogP contribution in [0.15, 0.2) is 59.7 Å². The van der Waals surface area contributed by atoms with Crippen molar-refractivity contribution in [1.29, 1.82) is 0 Å². The summed E-state index contributed by atoms with van der Waals surface area (Å²) < 4.78 is 5.79. The predicted octanol–water partition coefficient (Wildman–Crippen LogP) is 3.80. The van der Waals surface area contributed by atoms with E-state index in [0.29, 0.717) is 0 Å². The molecular weight excluding hydrogens is 222 g/mol. The van der Waals surface area contributed by atoms with E-state index in [1.165, 1.54) is 5.56 Å². The SMILES string of the molecule is CC1=CCC=C(C(=Cc2ccccc2)N(C)C)O1. The molecule has 1 aromatic rings. The van der Waals surface area contributed by atoms with Crippen LogP contribution < -0.4 is 0 Å².